The van der Waals surface area contributed by atoms with Gasteiger partial charge in [-0.25, -0.2) is 0 Å². The summed E-state index contributed by atoms with van der Waals surface area (Å²) >= 11 is 0. The molecule has 2 bridgehead atoms. The molecule has 4 fully saturated rings. The third-order valence-electron chi connectivity index (χ3n) is 16.6. The van der Waals surface area contributed by atoms with Crippen molar-refractivity contribution in [3.05, 3.63) is 82.4 Å². The number of methoxy groups -OCH3 is 1. The minimum atomic E-state index is -0.984. The zero-order valence-electron chi connectivity index (χ0n) is 34.8. The standard InChI is InChI=1S/C51H63NO7/c1-3-4-6-13-35-42(54)22-36(37-24-46(59-2)45(57)21-34(37)29-53)31(20-30-11-7-5-8-12-30)14-15-33-28-52-47-17-16-32-27-50(18-9-10-19-50)40-25-39(32)51(47,48(33)49(35)58)41-26-44(56)43(55)23-38(40)41/h5,7-8,11-12,21,23-24,26,31-33,35-36,39-40,47-49,52-53,55-58H,3-4,6,9-10,13,16-20,22,25,27-29H2,1-2H3/t31-,32-,33+,35+,36+,39-,40-,47-,48-,49-,51-/m0/s1. The summed E-state index contributed by atoms with van der Waals surface area (Å²) in [5.41, 5.74) is 4.14. The Balaban J connectivity index is 1.26. The van der Waals surface area contributed by atoms with Crippen molar-refractivity contribution in [2.45, 2.75) is 133 Å². The van der Waals surface area contributed by atoms with Gasteiger partial charge >= 0.3 is 0 Å². The number of aliphatic hydroxyl groups excluding tert-OH is 2. The number of ketones is 1. The highest BCUT2D eigenvalue weighted by molar-refractivity contribution is 5.83. The van der Waals surface area contributed by atoms with Crippen LogP contribution in [0.15, 0.2) is 54.6 Å². The van der Waals surface area contributed by atoms with E-state index in [0.717, 1.165) is 67.2 Å². The molecule has 1 aliphatic heterocycles. The molecule has 5 aliphatic carbocycles. The van der Waals surface area contributed by atoms with Gasteiger partial charge in [0.05, 0.1) is 19.8 Å². The Kier molecular flexibility index (Phi) is 11.0. The van der Waals surface area contributed by atoms with E-state index in [4.69, 9.17) is 4.74 Å². The summed E-state index contributed by atoms with van der Waals surface area (Å²) in [5, 5.41) is 61.5. The summed E-state index contributed by atoms with van der Waals surface area (Å²) in [7, 11) is 1.50. The molecule has 314 valence electrons. The lowest BCUT2D eigenvalue weighted by molar-refractivity contribution is -0.143. The molecule has 9 rings (SSSR count). The van der Waals surface area contributed by atoms with Gasteiger partial charge in [-0.05, 0) is 127 Å². The second-order valence-electron chi connectivity index (χ2n) is 19.3. The van der Waals surface area contributed by atoms with Crippen molar-refractivity contribution in [1.29, 1.82) is 0 Å². The van der Waals surface area contributed by atoms with Crippen LogP contribution in [-0.4, -0.2) is 57.1 Å². The molecule has 6 N–H and O–H groups in total. The average Bonchev–Trinajstić information content (AvgIpc) is 3.71. The van der Waals surface area contributed by atoms with Gasteiger partial charge < -0.3 is 35.6 Å². The lowest BCUT2D eigenvalue weighted by atomic mass is 9.37. The zero-order valence-corrected chi connectivity index (χ0v) is 34.8. The van der Waals surface area contributed by atoms with Gasteiger partial charge in [0.15, 0.2) is 23.0 Å². The molecule has 0 radical (unpaired) electrons. The van der Waals surface area contributed by atoms with E-state index in [1.54, 1.807) is 12.1 Å². The van der Waals surface area contributed by atoms with Gasteiger partial charge in [-0.15, -0.1) is 0 Å². The van der Waals surface area contributed by atoms with E-state index in [-0.39, 0.29) is 82.9 Å². The fourth-order valence-corrected chi connectivity index (χ4v) is 14.2. The minimum absolute atomic E-state index is 0.00454. The molecule has 1 saturated heterocycles. The summed E-state index contributed by atoms with van der Waals surface area (Å²) in [5.74, 6) is 6.52. The summed E-state index contributed by atoms with van der Waals surface area (Å²) in [6.07, 6.45) is 12.1. The minimum Gasteiger partial charge on any atom is -0.504 e. The van der Waals surface area contributed by atoms with Crippen LogP contribution in [0.4, 0.5) is 0 Å². The van der Waals surface area contributed by atoms with Crippen molar-refractivity contribution in [3.63, 3.8) is 0 Å². The number of phenols is 3. The number of aromatic hydroxyl groups is 3. The van der Waals surface area contributed by atoms with Gasteiger partial charge in [-0.2, -0.15) is 0 Å². The fraction of sp³-hybridized carbons (Fsp3) is 0.588. The number of carbonyl (C=O) groups is 1. The van der Waals surface area contributed by atoms with Crippen LogP contribution in [0.5, 0.6) is 23.0 Å². The number of fused-ring (bicyclic) bond motifs is 5. The van der Waals surface area contributed by atoms with Crippen LogP contribution < -0.4 is 10.1 Å². The molecule has 0 amide bonds. The summed E-state index contributed by atoms with van der Waals surface area (Å²) in [6, 6.07) is 17.3. The number of nitrogens with one attached hydrogen (secondary N) is 1. The molecular formula is C51H63NO7. The van der Waals surface area contributed by atoms with Crippen LogP contribution in [0, 0.1) is 52.8 Å². The molecule has 0 unspecified atom stereocenters. The molecule has 0 aromatic heterocycles. The van der Waals surface area contributed by atoms with Crippen LogP contribution in [0.1, 0.15) is 130 Å². The molecule has 6 aliphatic rings. The third-order valence-corrected chi connectivity index (χ3v) is 16.6. The molecule has 3 saturated carbocycles. The Hall–Kier alpha value is -4.03. The first-order chi connectivity index (χ1) is 28.6. The van der Waals surface area contributed by atoms with Crippen molar-refractivity contribution in [1.82, 2.24) is 5.32 Å². The van der Waals surface area contributed by atoms with E-state index >= 15 is 4.79 Å². The van der Waals surface area contributed by atoms with Crippen molar-refractivity contribution in [3.8, 4) is 34.8 Å². The summed E-state index contributed by atoms with van der Waals surface area (Å²) in [6.45, 7) is 2.42. The first-order valence-electron chi connectivity index (χ1n) is 22.7. The third kappa shape index (κ3) is 6.66. The van der Waals surface area contributed by atoms with Gasteiger partial charge in [0.1, 0.15) is 5.78 Å². The largest absolute Gasteiger partial charge is 0.504 e. The Morgan fingerprint density at radius 1 is 0.932 bits per heavy atom. The molecule has 3 aromatic rings. The average molecular weight is 802 g/mol. The van der Waals surface area contributed by atoms with E-state index in [9.17, 15) is 25.5 Å². The molecule has 1 heterocycles. The fourth-order valence-electron chi connectivity index (χ4n) is 14.2. The van der Waals surface area contributed by atoms with Gasteiger partial charge in [-0.1, -0.05) is 81.2 Å². The van der Waals surface area contributed by atoms with Gasteiger partial charge in [0.2, 0.25) is 0 Å². The monoisotopic (exact) mass is 801 g/mol. The molecular weight excluding hydrogens is 739 g/mol. The van der Waals surface area contributed by atoms with Crippen molar-refractivity contribution in [2.24, 2.45) is 40.9 Å². The predicted molar refractivity (Wildman–Crippen MR) is 227 cm³/mol. The predicted octanol–water partition coefficient (Wildman–Crippen LogP) is 8.40. The number of piperidine rings is 1. The van der Waals surface area contributed by atoms with Crippen LogP contribution in [0.3, 0.4) is 0 Å². The Labute approximate surface area is 349 Å². The quantitative estimate of drug-likeness (QED) is 0.0721. The van der Waals surface area contributed by atoms with Crippen molar-refractivity contribution >= 4 is 5.78 Å². The van der Waals surface area contributed by atoms with E-state index < -0.39 is 23.4 Å². The van der Waals surface area contributed by atoms with Crippen molar-refractivity contribution in [2.75, 3.05) is 13.7 Å². The van der Waals surface area contributed by atoms with Crippen LogP contribution in [0.25, 0.3) is 0 Å². The van der Waals surface area contributed by atoms with E-state index in [0.29, 0.717) is 30.9 Å². The maximum Gasteiger partial charge on any atom is 0.160 e. The highest BCUT2D eigenvalue weighted by Gasteiger charge is 2.69. The molecule has 59 heavy (non-hydrogen) atoms. The van der Waals surface area contributed by atoms with Crippen LogP contribution >= 0.6 is 0 Å². The van der Waals surface area contributed by atoms with Gasteiger partial charge in [0, 0.05) is 54.0 Å². The number of hydrogen-bond acceptors (Lipinski definition) is 8. The maximum absolute atomic E-state index is 15.4. The summed E-state index contributed by atoms with van der Waals surface area (Å²) in [4.78, 5) is 15.4. The molecule has 8 heteroatoms. The van der Waals surface area contributed by atoms with Gasteiger partial charge in [-0.3, -0.25) is 4.79 Å². The smallest absolute Gasteiger partial charge is 0.160 e. The molecule has 2 spiro atoms. The van der Waals surface area contributed by atoms with Crippen molar-refractivity contribution < 1.29 is 35.1 Å². The van der Waals surface area contributed by atoms with Crippen LogP contribution in [0.2, 0.25) is 0 Å². The molecule has 11 atom stereocenters. The Bertz CT molecular complexity index is 2100. The number of ether oxygens (including phenoxy) is 1. The number of hydrogen-bond donors (Lipinski definition) is 6. The summed E-state index contributed by atoms with van der Waals surface area (Å²) < 4.78 is 5.59. The first kappa shape index (κ1) is 40.4. The number of benzene rings is 3. The number of Topliss-reactive ketones (excluding diaryl/α,β-unsaturated/α-hetero) is 1. The Morgan fingerprint density at radius 2 is 1.71 bits per heavy atom. The molecule has 8 nitrogen and oxygen atoms in total. The highest BCUT2D eigenvalue weighted by Crippen LogP contribution is 2.72. The van der Waals surface area contributed by atoms with Gasteiger partial charge in [0.25, 0.3) is 0 Å². The topological polar surface area (TPSA) is 139 Å². The number of carbonyl (C=O) groups excluding carboxylic acids is 1. The SMILES string of the molecule is CCCCC[C@@H]1C(=O)C[C@@H](c2cc(OC)c(O)cc2CO)[C@H](Cc2ccccc2)C#C[C@@H]2CN[C@H]3CC[C@H]4CC5(CCCC5)[C@H]5C[C@@H]4[C@@]3(c3cc(O)c(O)cc35)[C@@H]2[C@H]1O. The maximum atomic E-state index is 15.4. The zero-order chi connectivity index (χ0) is 41.1. The Morgan fingerprint density at radius 3 is 2.46 bits per heavy atom. The highest BCUT2D eigenvalue weighted by atomic mass is 16.5. The lowest BCUT2D eigenvalue weighted by Gasteiger charge is -2.69. The second-order valence-corrected chi connectivity index (χ2v) is 19.3. The number of phenolic OH excluding ortho intramolecular Hbond substituents is 3. The normalized spacial score (nSPS) is 34.2. The second kappa shape index (κ2) is 16.1. The number of rotatable bonds is 9. The molecule has 3 aromatic carbocycles. The van der Waals surface area contributed by atoms with Crippen LogP contribution in [-0.2, 0) is 23.2 Å². The number of aliphatic hydroxyl groups is 2. The van der Waals surface area contributed by atoms with E-state index in [2.05, 4.69) is 36.2 Å². The van der Waals surface area contributed by atoms with E-state index in [1.165, 1.54) is 32.8 Å². The number of unbranched alkanes of at least 4 members (excludes halogenated alkanes) is 2. The lowest BCUT2D eigenvalue weighted by Crippen LogP contribution is -2.72. The van der Waals surface area contributed by atoms with E-state index in [1.807, 2.05) is 30.3 Å². The first-order valence-corrected chi connectivity index (χ1v) is 22.7.